The molecule has 0 radical (unpaired) electrons. The van der Waals surface area contributed by atoms with Crippen LogP contribution in [0.4, 0.5) is 4.39 Å². The third-order valence-corrected chi connectivity index (χ3v) is 3.56. The summed E-state index contributed by atoms with van der Waals surface area (Å²) in [6.45, 7) is 0. The number of carbonyl (C=O) groups is 1. The maximum atomic E-state index is 13.7. The van der Waals surface area contributed by atoms with Crippen molar-refractivity contribution < 1.29 is 18.7 Å². The fourth-order valence-electron chi connectivity index (χ4n) is 2.08. The zero-order chi connectivity index (χ0) is 19.9. The Balaban J connectivity index is 1.72. The molecule has 0 fully saturated rings. The van der Waals surface area contributed by atoms with E-state index in [1.54, 1.807) is 36.5 Å². The molecule has 1 aromatic carbocycles. The van der Waals surface area contributed by atoms with Crippen LogP contribution in [0, 0.1) is 5.82 Å². The molecular weight excluding hydrogens is 389 g/mol. The van der Waals surface area contributed by atoms with Gasteiger partial charge in [-0.05, 0) is 47.5 Å². The molecule has 0 saturated carbocycles. The van der Waals surface area contributed by atoms with Gasteiger partial charge in [0.1, 0.15) is 0 Å². The quantitative estimate of drug-likeness (QED) is 0.387. The zero-order valence-corrected chi connectivity index (χ0v) is 15.2. The number of rotatable bonds is 6. The fraction of sp³-hybridized carbons (Fsp3) is 0.0556. The first-order valence-corrected chi connectivity index (χ1v) is 8.22. The zero-order valence-electron chi connectivity index (χ0n) is 14.5. The van der Waals surface area contributed by atoms with E-state index < -0.39 is 11.7 Å². The van der Waals surface area contributed by atoms with Crippen LogP contribution in [-0.4, -0.2) is 34.2 Å². The minimum atomic E-state index is -0.768. The molecule has 0 unspecified atom stereocenters. The number of amides is 1. The summed E-state index contributed by atoms with van der Waals surface area (Å²) in [5.41, 5.74) is 3.38. The van der Waals surface area contributed by atoms with E-state index in [9.17, 15) is 9.18 Å². The monoisotopic (exact) mass is 401 g/mol. The lowest BCUT2D eigenvalue weighted by Crippen LogP contribution is -2.17. The summed E-state index contributed by atoms with van der Waals surface area (Å²) in [6.07, 6.45) is 5.32. The van der Waals surface area contributed by atoms with Gasteiger partial charge >= 0.3 is 0 Å². The second-order valence-corrected chi connectivity index (χ2v) is 5.58. The molecule has 142 valence electrons. The van der Waals surface area contributed by atoms with E-state index in [-0.39, 0.29) is 16.9 Å². The molecule has 28 heavy (non-hydrogen) atoms. The average Bonchev–Trinajstić information content (AvgIpc) is 2.72. The van der Waals surface area contributed by atoms with Gasteiger partial charge in [-0.1, -0.05) is 0 Å². The highest BCUT2D eigenvalue weighted by Gasteiger charge is 2.12. The number of benzene rings is 1. The lowest BCUT2D eigenvalue weighted by molar-refractivity contribution is 0.0955. The van der Waals surface area contributed by atoms with Crippen LogP contribution in [0.2, 0.25) is 5.28 Å². The van der Waals surface area contributed by atoms with Crippen molar-refractivity contribution in [3.63, 3.8) is 0 Å². The Morgan fingerprint density at radius 3 is 2.89 bits per heavy atom. The largest absolute Gasteiger partial charge is 0.493 e. The summed E-state index contributed by atoms with van der Waals surface area (Å²) >= 11 is 5.65. The van der Waals surface area contributed by atoms with E-state index in [1.807, 2.05) is 0 Å². The third kappa shape index (κ3) is 4.77. The lowest BCUT2D eigenvalue weighted by atomic mass is 10.2. The van der Waals surface area contributed by atoms with Crippen LogP contribution < -0.4 is 14.9 Å². The van der Waals surface area contributed by atoms with Gasteiger partial charge in [0.05, 0.1) is 25.1 Å². The van der Waals surface area contributed by atoms with E-state index in [2.05, 4.69) is 25.5 Å². The summed E-state index contributed by atoms with van der Waals surface area (Å²) < 4.78 is 24.4. The predicted molar refractivity (Wildman–Crippen MR) is 99.4 cm³/mol. The maximum absolute atomic E-state index is 13.7. The fourth-order valence-corrected chi connectivity index (χ4v) is 2.21. The first kappa shape index (κ1) is 19.2. The molecule has 2 heterocycles. The summed E-state index contributed by atoms with van der Waals surface area (Å²) in [4.78, 5) is 23.0. The Morgan fingerprint density at radius 1 is 1.29 bits per heavy atom. The highest BCUT2D eigenvalue weighted by atomic mass is 35.5. The van der Waals surface area contributed by atoms with Gasteiger partial charge in [-0.2, -0.15) is 14.5 Å². The van der Waals surface area contributed by atoms with Crippen molar-refractivity contribution in [3.05, 3.63) is 71.2 Å². The molecule has 0 saturated heterocycles. The van der Waals surface area contributed by atoms with Crippen LogP contribution in [0.25, 0.3) is 0 Å². The Kier molecular flexibility index (Phi) is 6.07. The summed E-state index contributed by atoms with van der Waals surface area (Å²) in [5, 5.41) is 3.74. The topological polar surface area (TPSA) is 98.6 Å². The smallest absolute Gasteiger partial charge is 0.272 e. The number of pyridine rings is 1. The van der Waals surface area contributed by atoms with Gasteiger partial charge in [0, 0.05) is 12.4 Å². The second-order valence-electron chi connectivity index (χ2n) is 5.25. The predicted octanol–water partition coefficient (Wildman–Crippen LogP) is 3.23. The summed E-state index contributed by atoms with van der Waals surface area (Å²) in [5.74, 6) is -0.976. The second kappa shape index (κ2) is 8.87. The van der Waals surface area contributed by atoms with Gasteiger partial charge in [0.15, 0.2) is 11.5 Å². The molecular formula is C18H13ClFN5O3. The van der Waals surface area contributed by atoms with Gasteiger partial charge < -0.3 is 9.47 Å². The molecule has 0 atom stereocenters. The number of hydrogen-bond donors (Lipinski definition) is 1. The highest BCUT2D eigenvalue weighted by Crippen LogP contribution is 2.32. The molecule has 0 aliphatic rings. The highest BCUT2D eigenvalue weighted by molar-refractivity contribution is 6.28. The van der Waals surface area contributed by atoms with Crippen LogP contribution in [0.15, 0.2) is 54.0 Å². The van der Waals surface area contributed by atoms with E-state index in [1.165, 1.54) is 19.5 Å². The molecule has 1 amide bonds. The minimum absolute atomic E-state index is 0.150. The van der Waals surface area contributed by atoms with Crippen LogP contribution >= 0.6 is 11.6 Å². The molecule has 0 spiro atoms. The van der Waals surface area contributed by atoms with Crippen molar-refractivity contribution in [2.45, 2.75) is 0 Å². The molecule has 3 aromatic rings. The van der Waals surface area contributed by atoms with E-state index >= 15 is 0 Å². The minimum Gasteiger partial charge on any atom is -0.493 e. The van der Waals surface area contributed by atoms with Crippen molar-refractivity contribution in [3.8, 4) is 17.4 Å². The lowest BCUT2D eigenvalue weighted by Gasteiger charge is -2.10. The number of ether oxygens (including phenoxy) is 2. The Labute approximate surface area is 164 Å². The Hall–Kier alpha value is -3.59. The van der Waals surface area contributed by atoms with Gasteiger partial charge in [-0.3, -0.25) is 9.78 Å². The molecule has 0 aliphatic heterocycles. The molecule has 10 heteroatoms. The van der Waals surface area contributed by atoms with Crippen molar-refractivity contribution in [1.82, 2.24) is 20.4 Å². The Bertz CT molecular complexity index is 1020. The summed E-state index contributed by atoms with van der Waals surface area (Å²) in [7, 11) is 1.43. The van der Waals surface area contributed by atoms with Gasteiger partial charge in [0.25, 0.3) is 11.8 Å². The number of nitrogens with one attached hydrogen (secondary N) is 1. The average molecular weight is 402 g/mol. The van der Waals surface area contributed by atoms with Crippen molar-refractivity contribution in [2.24, 2.45) is 5.10 Å². The summed E-state index contributed by atoms with van der Waals surface area (Å²) in [6, 6.07) is 8.04. The van der Waals surface area contributed by atoms with Gasteiger partial charge in [-0.15, -0.1) is 0 Å². The van der Waals surface area contributed by atoms with Gasteiger partial charge in [-0.25, -0.2) is 10.4 Å². The number of carbonyl (C=O) groups excluding carboxylic acids is 1. The third-order valence-electron chi connectivity index (χ3n) is 3.38. The van der Waals surface area contributed by atoms with Gasteiger partial charge in [0.2, 0.25) is 11.1 Å². The molecule has 8 nitrogen and oxygen atoms in total. The molecule has 0 aliphatic carbocycles. The first-order valence-electron chi connectivity index (χ1n) is 7.84. The van der Waals surface area contributed by atoms with Crippen LogP contribution in [0.5, 0.6) is 17.4 Å². The number of halogens is 2. The number of hydrazone groups is 1. The maximum Gasteiger partial charge on any atom is 0.272 e. The number of aromatic nitrogens is 3. The van der Waals surface area contributed by atoms with E-state index in [0.717, 1.165) is 6.20 Å². The van der Waals surface area contributed by atoms with Crippen LogP contribution in [-0.2, 0) is 0 Å². The number of methoxy groups -OCH3 is 1. The van der Waals surface area contributed by atoms with Crippen molar-refractivity contribution in [2.75, 3.05) is 7.11 Å². The van der Waals surface area contributed by atoms with Crippen molar-refractivity contribution in [1.29, 1.82) is 0 Å². The molecule has 1 N–H and O–H groups in total. The molecule has 0 bridgehead atoms. The molecule has 3 rings (SSSR count). The number of nitrogens with zero attached hydrogens (tertiary/aromatic N) is 4. The SMILES string of the molecule is COc1cc(/C=N/NC(=O)c2cccnc2)ccc1Oc1nc(Cl)ncc1F. The number of hydrogen-bond acceptors (Lipinski definition) is 7. The van der Waals surface area contributed by atoms with Crippen LogP contribution in [0.3, 0.4) is 0 Å². The van der Waals surface area contributed by atoms with E-state index in [4.69, 9.17) is 21.1 Å². The molecule has 2 aromatic heterocycles. The first-order chi connectivity index (χ1) is 13.6. The normalized spacial score (nSPS) is 10.7. The Morgan fingerprint density at radius 2 is 2.14 bits per heavy atom. The standard InChI is InChI=1S/C18H13ClFN5O3/c1-27-15-7-11(8-23-25-16(26)12-3-2-6-21-9-12)4-5-14(15)28-17-13(20)10-22-18(19)24-17/h2-10H,1H3,(H,25,26)/b23-8+. The van der Waals surface area contributed by atoms with Crippen LogP contribution in [0.1, 0.15) is 15.9 Å². The van der Waals surface area contributed by atoms with Crippen molar-refractivity contribution >= 4 is 23.7 Å². The van der Waals surface area contributed by atoms with E-state index in [0.29, 0.717) is 16.9 Å².